The first-order chi connectivity index (χ1) is 5.61. The van der Waals surface area contributed by atoms with E-state index in [1.165, 1.54) is 13.2 Å². The number of carbonyl (C=O) groups is 1. The Morgan fingerprint density at radius 2 is 2.25 bits per heavy atom. The highest BCUT2D eigenvalue weighted by molar-refractivity contribution is 9.09. The molecule has 0 saturated carbocycles. The van der Waals surface area contributed by atoms with Crippen LogP contribution in [0.3, 0.4) is 0 Å². The minimum atomic E-state index is -0.374. The van der Waals surface area contributed by atoms with Gasteiger partial charge in [0, 0.05) is 0 Å². The molecule has 0 aromatic carbocycles. The molecule has 0 aliphatic rings. The third kappa shape index (κ3) is 4.38. The summed E-state index contributed by atoms with van der Waals surface area (Å²) >= 11 is 3.28. The number of ether oxygens (including phenoxy) is 2. The molecule has 0 radical (unpaired) electrons. The topological polar surface area (TPSA) is 35.5 Å². The van der Waals surface area contributed by atoms with Crippen molar-refractivity contribution in [3.8, 4) is 0 Å². The van der Waals surface area contributed by atoms with Crippen LogP contribution in [0.4, 0.5) is 0 Å². The molecule has 0 aliphatic carbocycles. The Balaban J connectivity index is 4.18. The summed E-state index contributed by atoms with van der Waals surface area (Å²) in [5.74, 6) is 0.189. The van der Waals surface area contributed by atoms with E-state index in [1.807, 2.05) is 6.92 Å². The molecule has 0 saturated heterocycles. The summed E-state index contributed by atoms with van der Waals surface area (Å²) in [5.41, 5.74) is 0. The highest BCUT2D eigenvalue weighted by Gasteiger charge is 2.07. The van der Waals surface area contributed by atoms with E-state index in [1.54, 1.807) is 6.92 Å². The van der Waals surface area contributed by atoms with Crippen molar-refractivity contribution in [2.45, 2.75) is 18.7 Å². The van der Waals surface area contributed by atoms with Gasteiger partial charge in [0.15, 0.2) is 0 Å². The lowest BCUT2D eigenvalue weighted by atomic mass is 10.3. The van der Waals surface area contributed by atoms with E-state index in [0.717, 1.165) is 0 Å². The second-order valence-electron chi connectivity index (χ2n) is 2.12. The summed E-state index contributed by atoms with van der Waals surface area (Å²) in [5, 5.41) is 0. The van der Waals surface area contributed by atoms with Crippen molar-refractivity contribution in [1.29, 1.82) is 0 Å². The average molecular weight is 237 g/mol. The number of methoxy groups -OCH3 is 1. The molecule has 0 amide bonds. The summed E-state index contributed by atoms with van der Waals surface area (Å²) in [6.45, 7) is 4.01. The number of carbonyl (C=O) groups excluding carboxylic acids is 1. The molecule has 0 fully saturated rings. The Hall–Kier alpha value is -0.510. The molecule has 0 rings (SSSR count). The Morgan fingerprint density at radius 3 is 2.58 bits per heavy atom. The number of hydrogen-bond acceptors (Lipinski definition) is 3. The number of hydrogen-bond donors (Lipinski definition) is 0. The van der Waals surface area contributed by atoms with Crippen molar-refractivity contribution >= 4 is 21.9 Å². The molecule has 70 valence electrons. The highest BCUT2D eigenvalue weighted by Crippen LogP contribution is 2.11. The normalized spacial score (nSPS) is 13.8. The van der Waals surface area contributed by atoms with Crippen molar-refractivity contribution < 1.29 is 14.3 Å². The highest BCUT2D eigenvalue weighted by atomic mass is 79.9. The molecule has 0 aromatic heterocycles. The van der Waals surface area contributed by atoms with Gasteiger partial charge in [0.05, 0.1) is 24.6 Å². The maximum absolute atomic E-state index is 10.9. The second kappa shape index (κ2) is 6.06. The van der Waals surface area contributed by atoms with Crippen LogP contribution < -0.4 is 0 Å². The number of halogens is 1. The molecule has 1 atom stereocenters. The van der Waals surface area contributed by atoms with E-state index in [0.29, 0.717) is 12.4 Å². The molecular formula is C8H13BrO3. The number of alkyl halides is 1. The van der Waals surface area contributed by atoms with Crippen molar-refractivity contribution in [1.82, 2.24) is 0 Å². The van der Waals surface area contributed by atoms with Gasteiger partial charge in [-0.1, -0.05) is 15.9 Å². The lowest BCUT2D eigenvalue weighted by molar-refractivity contribution is -0.137. The largest absolute Gasteiger partial charge is 0.500 e. The molecule has 12 heavy (non-hydrogen) atoms. The lowest BCUT2D eigenvalue weighted by Crippen LogP contribution is -2.06. The molecular weight excluding hydrogens is 224 g/mol. The van der Waals surface area contributed by atoms with Gasteiger partial charge in [-0.25, -0.2) is 4.79 Å². The molecule has 3 nitrogen and oxygen atoms in total. The third-order valence-corrected chi connectivity index (χ3v) is 1.63. The standard InChI is InChI=1S/C8H13BrO3/c1-4-12-8(10)5-7(11-3)6(2)9/h5-6H,4H2,1-3H3/b7-5-. The van der Waals surface area contributed by atoms with E-state index in [2.05, 4.69) is 15.9 Å². The van der Waals surface area contributed by atoms with Gasteiger partial charge in [0.1, 0.15) is 5.76 Å². The Bertz CT molecular complexity index is 175. The van der Waals surface area contributed by atoms with Crippen LogP contribution >= 0.6 is 15.9 Å². The van der Waals surface area contributed by atoms with Gasteiger partial charge in [0.25, 0.3) is 0 Å². The van der Waals surface area contributed by atoms with E-state index >= 15 is 0 Å². The monoisotopic (exact) mass is 236 g/mol. The zero-order valence-electron chi connectivity index (χ0n) is 7.46. The molecule has 4 heteroatoms. The lowest BCUT2D eigenvalue weighted by Gasteiger charge is -2.07. The maximum Gasteiger partial charge on any atom is 0.334 e. The summed E-state index contributed by atoms with van der Waals surface area (Å²) in [7, 11) is 1.52. The van der Waals surface area contributed by atoms with Crippen molar-refractivity contribution in [2.75, 3.05) is 13.7 Å². The second-order valence-corrected chi connectivity index (χ2v) is 3.49. The fourth-order valence-corrected chi connectivity index (χ4v) is 0.955. The summed E-state index contributed by atoms with van der Waals surface area (Å²) in [6.07, 6.45) is 1.34. The minimum Gasteiger partial charge on any atom is -0.500 e. The molecule has 0 heterocycles. The van der Waals surface area contributed by atoms with Gasteiger partial charge in [-0.3, -0.25) is 0 Å². The maximum atomic E-state index is 10.9. The molecule has 0 bridgehead atoms. The average Bonchev–Trinajstić information content (AvgIpc) is 2.00. The van der Waals surface area contributed by atoms with E-state index in [9.17, 15) is 4.79 Å². The zero-order valence-corrected chi connectivity index (χ0v) is 9.05. The van der Waals surface area contributed by atoms with Crippen LogP contribution in [0, 0.1) is 0 Å². The van der Waals surface area contributed by atoms with Crippen LogP contribution in [0.15, 0.2) is 11.8 Å². The molecule has 0 spiro atoms. The van der Waals surface area contributed by atoms with Gasteiger partial charge in [-0.05, 0) is 13.8 Å². The fourth-order valence-electron chi connectivity index (χ4n) is 0.636. The van der Waals surface area contributed by atoms with Gasteiger partial charge in [0.2, 0.25) is 0 Å². The SMILES string of the molecule is CCOC(=O)/C=C(\OC)C(C)Br. The fraction of sp³-hybridized carbons (Fsp3) is 0.625. The molecule has 0 aliphatic heterocycles. The first-order valence-corrected chi connectivity index (χ1v) is 4.59. The zero-order chi connectivity index (χ0) is 9.56. The molecule has 0 aromatic rings. The van der Waals surface area contributed by atoms with Crippen LogP contribution in [-0.2, 0) is 14.3 Å². The van der Waals surface area contributed by atoms with E-state index in [4.69, 9.17) is 9.47 Å². The van der Waals surface area contributed by atoms with E-state index < -0.39 is 0 Å². The molecule has 1 unspecified atom stereocenters. The first kappa shape index (κ1) is 11.5. The van der Waals surface area contributed by atoms with Crippen molar-refractivity contribution in [2.24, 2.45) is 0 Å². The predicted molar refractivity (Wildman–Crippen MR) is 50.1 cm³/mol. The predicted octanol–water partition coefficient (Wildman–Crippen LogP) is 1.86. The van der Waals surface area contributed by atoms with Gasteiger partial charge >= 0.3 is 5.97 Å². The summed E-state index contributed by atoms with van der Waals surface area (Å²) < 4.78 is 9.65. The van der Waals surface area contributed by atoms with Crippen molar-refractivity contribution in [3.63, 3.8) is 0 Å². The summed E-state index contributed by atoms with van der Waals surface area (Å²) in [4.78, 5) is 10.9. The summed E-state index contributed by atoms with van der Waals surface area (Å²) in [6, 6.07) is 0. The Kier molecular flexibility index (Phi) is 5.80. The minimum absolute atomic E-state index is 0.0203. The molecule has 0 N–H and O–H groups in total. The number of esters is 1. The third-order valence-electron chi connectivity index (χ3n) is 1.17. The Labute approximate surface area is 80.9 Å². The van der Waals surface area contributed by atoms with E-state index in [-0.39, 0.29) is 10.8 Å². The smallest absolute Gasteiger partial charge is 0.334 e. The number of allylic oxidation sites excluding steroid dienone is 1. The van der Waals surface area contributed by atoms with Crippen LogP contribution in [0.5, 0.6) is 0 Å². The van der Waals surface area contributed by atoms with Crippen molar-refractivity contribution in [3.05, 3.63) is 11.8 Å². The number of rotatable bonds is 4. The van der Waals surface area contributed by atoms with Crippen LogP contribution in [0.1, 0.15) is 13.8 Å². The quantitative estimate of drug-likeness (QED) is 0.324. The van der Waals surface area contributed by atoms with Crippen LogP contribution in [-0.4, -0.2) is 24.5 Å². The van der Waals surface area contributed by atoms with Gasteiger partial charge in [-0.15, -0.1) is 0 Å². The van der Waals surface area contributed by atoms with Gasteiger partial charge < -0.3 is 9.47 Å². The van der Waals surface area contributed by atoms with Crippen LogP contribution in [0.25, 0.3) is 0 Å². The first-order valence-electron chi connectivity index (χ1n) is 3.68. The van der Waals surface area contributed by atoms with Gasteiger partial charge in [-0.2, -0.15) is 0 Å². The Morgan fingerprint density at radius 1 is 1.67 bits per heavy atom. The van der Waals surface area contributed by atoms with Crippen LogP contribution in [0.2, 0.25) is 0 Å².